The van der Waals surface area contributed by atoms with Gasteiger partial charge in [0.25, 0.3) is 0 Å². The minimum absolute atomic E-state index is 0.621. The Morgan fingerprint density at radius 1 is 1.30 bits per heavy atom. The van der Waals surface area contributed by atoms with Gasteiger partial charge in [-0.05, 0) is 37.8 Å². The predicted octanol–water partition coefficient (Wildman–Crippen LogP) is 3.55. The van der Waals surface area contributed by atoms with E-state index in [1.54, 1.807) is 6.20 Å². The van der Waals surface area contributed by atoms with Gasteiger partial charge in [-0.25, -0.2) is 9.97 Å². The van der Waals surface area contributed by atoms with Crippen molar-refractivity contribution in [3.05, 3.63) is 35.8 Å². The van der Waals surface area contributed by atoms with Crippen molar-refractivity contribution in [3.63, 3.8) is 0 Å². The molecule has 4 nitrogen and oxygen atoms in total. The lowest BCUT2D eigenvalue weighted by Crippen LogP contribution is -2.05. The molecule has 20 heavy (non-hydrogen) atoms. The molecule has 1 aliphatic rings. The van der Waals surface area contributed by atoms with Crippen LogP contribution < -0.4 is 5.32 Å². The maximum Gasteiger partial charge on any atom is 0.163 e. The molecule has 104 valence electrons. The minimum atomic E-state index is 0.621. The highest BCUT2D eigenvalue weighted by atomic mass is 15.0. The zero-order valence-electron chi connectivity index (χ0n) is 12.1. The van der Waals surface area contributed by atoms with Gasteiger partial charge in [0.05, 0.1) is 0 Å². The predicted molar refractivity (Wildman–Crippen MR) is 80.8 cm³/mol. The van der Waals surface area contributed by atoms with E-state index in [0.717, 1.165) is 41.4 Å². The smallest absolute Gasteiger partial charge is 0.163 e. The highest BCUT2D eigenvalue weighted by molar-refractivity contribution is 5.60. The maximum absolute atomic E-state index is 4.74. The summed E-state index contributed by atoms with van der Waals surface area (Å²) in [6, 6.07) is 4.10. The number of aryl methyl sites for hydroxylation is 1. The summed E-state index contributed by atoms with van der Waals surface area (Å²) in [5.74, 6) is 2.34. The molecule has 4 heteroatoms. The third-order valence-electron chi connectivity index (χ3n) is 3.58. The van der Waals surface area contributed by atoms with Crippen LogP contribution in [0.1, 0.15) is 43.4 Å². The van der Waals surface area contributed by atoms with E-state index >= 15 is 0 Å². The van der Waals surface area contributed by atoms with Crippen molar-refractivity contribution in [2.24, 2.45) is 0 Å². The third-order valence-corrected chi connectivity index (χ3v) is 3.58. The average Bonchev–Trinajstić information content (AvgIpc) is 3.30. The summed E-state index contributed by atoms with van der Waals surface area (Å²) < 4.78 is 0. The van der Waals surface area contributed by atoms with Gasteiger partial charge in [-0.1, -0.05) is 6.92 Å². The number of nitrogens with zero attached hydrogens (tertiary/aromatic N) is 3. The van der Waals surface area contributed by atoms with Gasteiger partial charge >= 0.3 is 0 Å². The molecule has 0 saturated heterocycles. The molecular weight excluding hydrogens is 248 g/mol. The first-order chi connectivity index (χ1) is 9.78. The zero-order valence-corrected chi connectivity index (χ0v) is 12.1. The first-order valence-corrected chi connectivity index (χ1v) is 7.31. The molecule has 1 saturated carbocycles. The molecule has 3 rings (SSSR count). The van der Waals surface area contributed by atoms with Crippen LogP contribution in [-0.2, 0) is 0 Å². The third kappa shape index (κ3) is 2.79. The summed E-state index contributed by atoms with van der Waals surface area (Å²) in [7, 11) is 0. The summed E-state index contributed by atoms with van der Waals surface area (Å²) in [5.41, 5.74) is 3.35. The van der Waals surface area contributed by atoms with Crippen LogP contribution in [0.5, 0.6) is 0 Å². The van der Waals surface area contributed by atoms with Crippen molar-refractivity contribution in [1.82, 2.24) is 15.0 Å². The normalized spacial score (nSPS) is 14.3. The Balaban J connectivity index is 2.00. The van der Waals surface area contributed by atoms with Crippen LogP contribution in [-0.4, -0.2) is 21.5 Å². The van der Waals surface area contributed by atoms with Crippen LogP contribution in [0.4, 0.5) is 5.82 Å². The number of hydrogen-bond acceptors (Lipinski definition) is 4. The molecule has 0 spiro atoms. The van der Waals surface area contributed by atoms with Crippen molar-refractivity contribution in [3.8, 4) is 11.4 Å². The van der Waals surface area contributed by atoms with Gasteiger partial charge in [0.15, 0.2) is 5.82 Å². The second-order valence-electron chi connectivity index (χ2n) is 5.39. The average molecular weight is 268 g/mol. The lowest BCUT2D eigenvalue weighted by molar-refractivity contribution is 0.947. The van der Waals surface area contributed by atoms with Gasteiger partial charge < -0.3 is 5.32 Å². The fraction of sp³-hybridized carbons (Fsp3) is 0.438. The Morgan fingerprint density at radius 2 is 2.15 bits per heavy atom. The summed E-state index contributed by atoms with van der Waals surface area (Å²) in [6.45, 7) is 5.16. The molecule has 2 heterocycles. The highest BCUT2D eigenvalue weighted by Crippen LogP contribution is 2.40. The number of rotatable bonds is 5. The molecule has 0 unspecified atom stereocenters. The Bertz CT molecular complexity index is 605. The van der Waals surface area contributed by atoms with E-state index in [9.17, 15) is 0 Å². The van der Waals surface area contributed by atoms with Gasteiger partial charge in [-0.3, -0.25) is 4.98 Å². The van der Waals surface area contributed by atoms with Crippen LogP contribution >= 0.6 is 0 Å². The standard InChI is InChI=1S/C16H20N4/c1-3-7-18-15-9-14(12-4-5-12)19-16(20-15)13-10-17-8-6-11(13)2/h6,8-10,12H,3-5,7H2,1-2H3,(H,18,19,20). The molecule has 1 N–H and O–H groups in total. The van der Waals surface area contributed by atoms with Crippen LogP contribution in [0.15, 0.2) is 24.5 Å². The first-order valence-electron chi connectivity index (χ1n) is 7.31. The van der Waals surface area contributed by atoms with Gasteiger partial charge in [-0.15, -0.1) is 0 Å². The Labute approximate surface area is 119 Å². The van der Waals surface area contributed by atoms with Crippen LogP contribution in [0.3, 0.4) is 0 Å². The molecule has 1 aliphatic carbocycles. The molecule has 0 aromatic carbocycles. The second kappa shape index (κ2) is 5.57. The monoisotopic (exact) mass is 268 g/mol. The molecule has 2 aromatic heterocycles. The van der Waals surface area contributed by atoms with E-state index in [-0.39, 0.29) is 0 Å². The topological polar surface area (TPSA) is 50.7 Å². The summed E-state index contributed by atoms with van der Waals surface area (Å²) >= 11 is 0. The number of hydrogen-bond donors (Lipinski definition) is 1. The van der Waals surface area contributed by atoms with Gasteiger partial charge in [0.2, 0.25) is 0 Å². The van der Waals surface area contributed by atoms with Crippen molar-refractivity contribution < 1.29 is 0 Å². The van der Waals surface area contributed by atoms with Crippen molar-refractivity contribution >= 4 is 5.82 Å². The van der Waals surface area contributed by atoms with Crippen molar-refractivity contribution in [2.75, 3.05) is 11.9 Å². The van der Waals surface area contributed by atoms with E-state index in [0.29, 0.717) is 5.92 Å². The van der Waals surface area contributed by atoms with Gasteiger partial charge in [0.1, 0.15) is 5.82 Å². The Morgan fingerprint density at radius 3 is 2.85 bits per heavy atom. The second-order valence-corrected chi connectivity index (χ2v) is 5.39. The van der Waals surface area contributed by atoms with Crippen LogP contribution in [0.25, 0.3) is 11.4 Å². The largest absolute Gasteiger partial charge is 0.370 e. The zero-order chi connectivity index (χ0) is 13.9. The molecule has 0 bridgehead atoms. The van der Waals surface area contributed by atoms with Gasteiger partial charge in [0, 0.05) is 42.2 Å². The fourth-order valence-corrected chi connectivity index (χ4v) is 2.22. The van der Waals surface area contributed by atoms with E-state index in [2.05, 4.69) is 35.2 Å². The molecule has 0 aliphatic heterocycles. The molecule has 0 atom stereocenters. The highest BCUT2D eigenvalue weighted by Gasteiger charge is 2.26. The summed E-state index contributed by atoms with van der Waals surface area (Å²) in [4.78, 5) is 13.6. The lowest BCUT2D eigenvalue weighted by Gasteiger charge is -2.10. The molecule has 2 aromatic rings. The first kappa shape index (κ1) is 13.0. The Hall–Kier alpha value is -1.97. The maximum atomic E-state index is 4.74. The molecule has 0 amide bonds. The number of anilines is 1. The lowest BCUT2D eigenvalue weighted by atomic mass is 10.1. The number of aromatic nitrogens is 3. The quantitative estimate of drug-likeness (QED) is 0.901. The summed E-state index contributed by atoms with van der Waals surface area (Å²) in [5, 5.41) is 3.38. The molecule has 0 radical (unpaired) electrons. The molecule has 1 fully saturated rings. The van der Waals surface area contributed by atoms with Crippen molar-refractivity contribution in [1.29, 1.82) is 0 Å². The molecular formula is C16H20N4. The number of nitrogens with one attached hydrogen (secondary N) is 1. The van der Waals surface area contributed by atoms with Crippen LogP contribution in [0, 0.1) is 6.92 Å². The van der Waals surface area contributed by atoms with Crippen LogP contribution in [0.2, 0.25) is 0 Å². The summed E-state index contributed by atoms with van der Waals surface area (Å²) in [6.07, 6.45) is 7.24. The van der Waals surface area contributed by atoms with E-state index < -0.39 is 0 Å². The number of pyridine rings is 1. The fourth-order valence-electron chi connectivity index (χ4n) is 2.22. The van der Waals surface area contributed by atoms with E-state index in [1.165, 1.54) is 12.8 Å². The van der Waals surface area contributed by atoms with Crippen molar-refractivity contribution in [2.45, 2.75) is 39.0 Å². The van der Waals surface area contributed by atoms with E-state index in [4.69, 9.17) is 4.98 Å². The Kier molecular flexibility index (Phi) is 3.63. The SMILES string of the molecule is CCCNc1cc(C2CC2)nc(-c2cnccc2C)n1. The van der Waals surface area contributed by atoms with Gasteiger partial charge in [-0.2, -0.15) is 0 Å². The minimum Gasteiger partial charge on any atom is -0.370 e. The van der Waals surface area contributed by atoms with E-state index in [1.807, 2.05) is 12.3 Å².